The van der Waals surface area contributed by atoms with E-state index in [-0.39, 0.29) is 6.09 Å². The number of carbonyl (C=O) groups excluding carboxylic acids is 1. The summed E-state index contributed by atoms with van der Waals surface area (Å²) in [5.41, 5.74) is -0.441. The van der Waals surface area contributed by atoms with Gasteiger partial charge in [-0.3, -0.25) is 0 Å². The number of hydrogen-bond donors (Lipinski definition) is 2. The van der Waals surface area contributed by atoms with Crippen molar-refractivity contribution in [2.24, 2.45) is 11.8 Å². The molecule has 1 fully saturated rings. The molecule has 2 atom stereocenters. The highest BCUT2D eigenvalue weighted by molar-refractivity contribution is 8.00. The summed E-state index contributed by atoms with van der Waals surface area (Å²) in [6.45, 7) is 15.0. The number of ether oxygens (including phenoxy) is 1. The number of carbonyl (C=O) groups is 1. The first-order valence-electron chi connectivity index (χ1n) is 8.43. The van der Waals surface area contributed by atoms with E-state index in [1.165, 1.54) is 18.6 Å². The lowest BCUT2D eigenvalue weighted by atomic mass is 9.95. The fourth-order valence-corrected chi connectivity index (χ4v) is 3.84. The van der Waals surface area contributed by atoms with Crippen LogP contribution in [0, 0.1) is 11.8 Å². The molecule has 2 unspecified atom stereocenters. The first-order valence-corrected chi connectivity index (χ1v) is 9.41. The quantitative estimate of drug-likeness (QED) is 0.748. The second-order valence-electron chi connectivity index (χ2n) is 7.92. The minimum absolute atomic E-state index is 0.323. The van der Waals surface area contributed by atoms with Crippen molar-refractivity contribution in [3.63, 3.8) is 0 Å². The van der Waals surface area contributed by atoms with Crippen molar-refractivity contribution in [1.82, 2.24) is 10.6 Å². The fourth-order valence-electron chi connectivity index (χ4n) is 2.57. The average molecular weight is 331 g/mol. The van der Waals surface area contributed by atoms with Crippen LogP contribution in [0.1, 0.15) is 54.4 Å². The summed E-state index contributed by atoms with van der Waals surface area (Å²) in [6.07, 6.45) is 2.31. The molecule has 0 radical (unpaired) electrons. The van der Waals surface area contributed by atoms with Crippen LogP contribution in [0.15, 0.2) is 0 Å². The number of alkyl carbamates (subject to hydrolysis) is 1. The Bertz CT molecular complexity index is 347. The zero-order chi connectivity index (χ0) is 16.8. The van der Waals surface area contributed by atoms with Crippen molar-refractivity contribution in [3.8, 4) is 0 Å². The smallest absolute Gasteiger partial charge is 0.407 e. The molecule has 0 aromatic carbocycles. The van der Waals surface area contributed by atoms with E-state index in [2.05, 4.69) is 43.2 Å². The third-order valence-corrected chi connectivity index (χ3v) is 5.59. The van der Waals surface area contributed by atoms with Gasteiger partial charge in [0.25, 0.3) is 0 Å². The fraction of sp³-hybridized carbons (Fsp3) is 0.941. The molecule has 0 aliphatic carbocycles. The van der Waals surface area contributed by atoms with E-state index in [0.29, 0.717) is 23.1 Å². The molecule has 1 aliphatic heterocycles. The largest absolute Gasteiger partial charge is 0.444 e. The first kappa shape index (κ1) is 19.6. The molecule has 1 aliphatic rings. The van der Waals surface area contributed by atoms with E-state index in [9.17, 15) is 4.79 Å². The van der Waals surface area contributed by atoms with Gasteiger partial charge in [0.05, 0.1) is 0 Å². The van der Waals surface area contributed by atoms with Gasteiger partial charge < -0.3 is 15.4 Å². The van der Waals surface area contributed by atoms with Gasteiger partial charge in [0.2, 0.25) is 0 Å². The van der Waals surface area contributed by atoms with Crippen LogP contribution in [-0.4, -0.2) is 41.8 Å². The first-order chi connectivity index (χ1) is 10.1. The lowest BCUT2D eigenvalue weighted by Gasteiger charge is -2.27. The Hall–Kier alpha value is -0.420. The highest BCUT2D eigenvalue weighted by Gasteiger charge is 2.29. The molecular weight excluding hydrogens is 296 g/mol. The Labute approximate surface area is 140 Å². The maximum atomic E-state index is 11.8. The summed E-state index contributed by atoms with van der Waals surface area (Å²) in [7, 11) is 0. The summed E-state index contributed by atoms with van der Waals surface area (Å²) in [5.74, 6) is 2.22. The summed E-state index contributed by atoms with van der Waals surface area (Å²) in [4.78, 5) is 11.8. The number of rotatable bonds is 7. The summed E-state index contributed by atoms with van der Waals surface area (Å²) in [6, 6.07) is 0. The Morgan fingerprint density at radius 2 is 2.00 bits per heavy atom. The average Bonchev–Trinajstić information content (AvgIpc) is 2.78. The zero-order valence-corrected chi connectivity index (χ0v) is 15.9. The molecule has 130 valence electrons. The van der Waals surface area contributed by atoms with Crippen LogP contribution in [0.5, 0.6) is 0 Å². The molecule has 0 saturated carbocycles. The van der Waals surface area contributed by atoms with Crippen molar-refractivity contribution >= 4 is 17.9 Å². The number of amides is 1. The van der Waals surface area contributed by atoms with E-state index in [4.69, 9.17) is 4.74 Å². The summed E-state index contributed by atoms with van der Waals surface area (Å²) < 4.78 is 5.68. The molecule has 4 nitrogen and oxygen atoms in total. The lowest BCUT2D eigenvalue weighted by Crippen LogP contribution is -2.42. The molecular formula is C17H34N2O2S. The Kier molecular flexibility index (Phi) is 7.53. The molecule has 1 saturated heterocycles. The highest BCUT2D eigenvalue weighted by atomic mass is 32.2. The molecule has 0 bridgehead atoms. The standard InChI is InChI=1S/C17H34N2O2S/c1-13(2)14(11-19-15(20)21-16(3,4)5)10-18-12-17(6)8-7-9-22-17/h13-14,18H,7-12H2,1-6H3,(H,19,20). The summed E-state index contributed by atoms with van der Waals surface area (Å²) >= 11 is 2.08. The Balaban J connectivity index is 2.31. The van der Waals surface area contributed by atoms with Gasteiger partial charge >= 0.3 is 6.09 Å². The Morgan fingerprint density at radius 3 is 2.50 bits per heavy atom. The van der Waals surface area contributed by atoms with E-state index >= 15 is 0 Å². The highest BCUT2D eigenvalue weighted by Crippen LogP contribution is 2.36. The van der Waals surface area contributed by atoms with Crippen LogP contribution in [0.2, 0.25) is 0 Å². The van der Waals surface area contributed by atoms with Gasteiger partial charge in [0.1, 0.15) is 5.60 Å². The minimum Gasteiger partial charge on any atom is -0.444 e. The van der Waals surface area contributed by atoms with Crippen molar-refractivity contribution < 1.29 is 9.53 Å². The SMILES string of the molecule is CC(C)C(CNCC1(C)CCCS1)CNC(=O)OC(C)(C)C. The second-order valence-corrected chi connectivity index (χ2v) is 9.60. The molecule has 22 heavy (non-hydrogen) atoms. The molecule has 0 aromatic rings. The number of nitrogens with one attached hydrogen (secondary N) is 2. The van der Waals surface area contributed by atoms with Crippen LogP contribution >= 0.6 is 11.8 Å². The van der Waals surface area contributed by atoms with Crippen molar-refractivity contribution in [3.05, 3.63) is 0 Å². The van der Waals surface area contributed by atoms with Gasteiger partial charge in [0.15, 0.2) is 0 Å². The van der Waals surface area contributed by atoms with Gasteiger partial charge in [-0.05, 0) is 64.7 Å². The van der Waals surface area contributed by atoms with Crippen LogP contribution in [-0.2, 0) is 4.74 Å². The van der Waals surface area contributed by atoms with Crippen LogP contribution < -0.4 is 10.6 Å². The molecule has 1 amide bonds. The Morgan fingerprint density at radius 1 is 1.32 bits per heavy atom. The van der Waals surface area contributed by atoms with Gasteiger partial charge in [-0.1, -0.05) is 13.8 Å². The second kappa shape index (κ2) is 8.44. The van der Waals surface area contributed by atoms with Gasteiger partial charge in [-0.15, -0.1) is 0 Å². The van der Waals surface area contributed by atoms with Crippen LogP contribution in [0.3, 0.4) is 0 Å². The normalized spacial score (nSPS) is 23.6. The topological polar surface area (TPSA) is 50.4 Å². The van der Waals surface area contributed by atoms with Gasteiger partial charge in [0, 0.05) is 17.8 Å². The minimum atomic E-state index is -0.441. The lowest BCUT2D eigenvalue weighted by molar-refractivity contribution is 0.0515. The third-order valence-electron chi connectivity index (χ3n) is 4.06. The molecule has 2 N–H and O–H groups in total. The molecule has 5 heteroatoms. The van der Waals surface area contributed by atoms with E-state index in [0.717, 1.165) is 13.1 Å². The maximum Gasteiger partial charge on any atom is 0.407 e. The van der Waals surface area contributed by atoms with Crippen LogP contribution in [0.25, 0.3) is 0 Å². The van der Waals surface area contributed by atoms with Crippen molar-refractivity contribution in [2.75, 3.05) is 25.4 Å². The monoisotopic (exact) mass is 330 g/mol. The van der Waals surface area contributed by atoms with Gasteiger partial charge in [-0.25, -0.2) is 4.79 Å². The van der Waals surface area contributed by atoms with Crippen LogP contribution in [0.4, 0.5) is 4.79 Å². The van der Waals surface area contributed by atoms with E-state index in [1.807, 2.05) is 20.8 Å². The molecule has 0 aromatic heterocycles. The third kappa shape index (κ3) is 7.73. The van der Waals surface area contributed by atoms with Crippen molar-refractivity contribution in [1.29, 1.82) is 0 Å². The molecule has 1 heterocycles. The van der Waals surface area contributed by atoms with Crippen molar-refractivity contribution in [2.45, 2.75) is 64.7 Å². The summed E-state index contributed by atoms with van der Waals surface area (Å²) in [5, 5.41) is 6.51. The number of thioether (sulfide) groups is 1. The van der Waals surface area contributed by atoms with E-state index < -0.39 is 5.60 Å². The maximum absolute atomic E-state index is 11.8. The van der Waals surface area contributed by atoms with Gasteiger partial charge in [-0.2, -0.15) is 11.8 Å². The number of hydrogen-bond acceptors (Lipinski definition) is 4. The van der Waals surface area contributed by atoms with E-state index in [1.54, 1.807) is 0 Å². The predicted molar refractivity (Wildman–Crippen MR) is 95.5 cm³/mol. The molecule has 1 rings (SSSR count). The predicted octanol–water partition coefficient (Wildman–Crippen LogP) is 3.66. The zero-order valence-electron chi connectivity index (χ0n) is 15.1. The molecule has 0 spiro atoms.